The lowest BCUT2D eigenvalue weighted by Gasteiger charge is -2.65. The average Bonchev–Trinajstić information content (AvgIpc) is 2.53. The smallest absolute Gasteiger partial charge is 0.0645 e. The highest BCUT2D eigenvalue weighted by molar-refractivity contribution is 8.00. The second-order valence-corrected chi connectivity index (χ2v) is 33.7. The van der Waals surface area contributed by atoms with Crippen LogP contribution in [-0.2, 0) is 15.6 Å². The summed E-state index contributed by atoms with van der Waals surface area (Å²) in [5, 5.41) is 30.8. The van der Waals surface area contributed by atoms with Crippen LogP contribution in [0.2, 0.25) is 0 Å². The normalized spacial score (nSPS) is 46.4. The van der Waals surface area contributed by atoms with Gasteiger partial charge in [-0.1, -0.05) is 40.7 Å². The molecule has 23 aliphatic rings. The van der Waals surface area contributed by atoms with E-state index in [9.17, 15) is 0 Å². The second-order valence-electron chi connectivity index (χ2n) is 32.5. The molecule has 34 rings (SSSR count). The van der Waals surface area contributed by atoms with E-state index in [-0.39, 0.29) is 15.6 Å². The van der Waals surface area contributed by atoms with Gasteiger partial charge in [-0.15, -0.1) is 11.8 Å². The number of fused-ring (bicyclic) bond motifs is 1. The van der Waals surface area contributed by atoms with Crippen molar-refractivity contribution in [3.05, 3.63) is 140 Å². The molecule has 1 heterocycles. The molecule has 0 bridgehead atoms. The summed E-state index contributed by atoms with van der Waals surface area (Å²) < 4.78 is 0.0263. The van der Waals surface area contributed by atoms with Crippen LogP contribution in [0.5, 0.6) is 0 Å². The molecule has 336 valence electrons. The third kappa shape index (κ3) is 1.75. The minimum Gasteiger partial charge on any atom is -0.112 e. The van der Waals surface area contributed by atoms with Gasteiger partial charge in [0, 0.05) is 10.3 Å². The summed E-state index contributed by atoms with van der Waals surface area (Å²) in [6.07, 6.45) is 0. The molecule has 0 N–H and O–H groups in total. The SMILES string of the molecule is CC(C)c1cc2c(c(C(C)(C)C)c1)C13c4c5c6c7c8c9c%10c%11c%12c%13c%14c%15c(c%16c%13c%10c7c4-%16)C1(S2)C1C%15C2c4c7c%10c%13c%15c%16c%17c%18c%19c%20c%21c%22c%23c(c4c4c%22c%19c%16c%104)C2C%14C%12C%23C%21C%11C9C%20C%18C8C6C%17C%15C5C3C%13C71. The van der Waals surface area contributed by atoms with Crippen molar-refractivity contribution in [1.29, 1.82) is 0 Å². The van der Waals surface area contributed by atoms with Crippen molar-refractivity contribution in [2.24, 2.45) is 11.8 Å². The Morgan fingerprint density at radius 2 is 0.649 bits per heavy atom. The van der Waals surface area contributed by atoms with Crippen LogP contribution in [0.3, 0.4) is 0 Å². The quantitative estimate of drug-likeness (QED) is 0.148. The lowest BCUT2D eigenvalue weighted by Crippen LogP contribution is -2.62. The summed E-state index contributed by atoms with van der Waals surface area (Å²) in [5.74, 6) is 13.6. The largest absolute Gasteiger partial charge is 0.112 e. The molecule has 1 heteroatoms. The Kier molecular flexibility index (Phi) is 3.00. The van der Waals surface area contributed by atoms with E-state index in [0.29, 0.717) is 124 Å². The van der Waals surface area contributed by atoms with Gasteiger partial charge in [0.1, 0.15) is 0 Å². The van der Waals surface area contributed by atoms with Crippen molar-refractivity contribution in [1.82, 2.24) is 0 Å². The van der Waals surface area contributed by atoms with E-state index in [1.54, 1.807) is 16.0 Å². The molecule has 22 unspecified atom stereocenters. The first-order chi connectivity index (χ1) is 36.4. The van der Waals surface area contributed by atoms with Crippen LogP contribution in [0.4, 0.5) is 0 Å². The maximum absolute atomic E-state index is 2.89. The van der Waals surface area contributed by atoms with Gasteiger partial charge in [0.2, 0.25) is 0 Å². The summed E-state index contributed by atoms with van der Waals surface area (Å²) in [6.45, 7) is 13.0. The fraction of sp³-hybridized carbons (Fsp3) is 0.397. The van der Waals surface area contributed by atoms with Gasteiger partial charge < -0.3 is 0 Å². The van der Waals surface area contributed by atoms with Crippen molar-refractivity contribution in [2.45, 2.75) is 168 Å². The molecule has 11 aromatic rings. The van der Waals surface area contributed by atoms with Crippen LogP contribution in [0.25, 0.3) is 97.3 Å². The fourth-order valence-electron chi connectivity index (χ4n) is 32.9. The van der Waals surface area contributed by atoms with Gasteiger partial charge in [-0.25, -0.2) is 0 Å². The maximum atomic E-state index is 2.89. The Morgan fingerprint density at radius 3 is 1.07 bits per heavy atom. The second kappa shape index (κ2) is 7.17. The van der Waals surface area contributed by atoms with Gasteiger partial charge in [-0.05, 0) is 361 Å². The van der Waals surface area contributed by atoms with Gasteiger partial charge >= 0.3 is 0 Å². The van der Waals surface area contributed by atoms with Crippen molar-refractivity contribution < 1.29 is 0 Å². The molecule has 0 nitrogen and oxygen atoms in total. The Balaban J connectivity index is 0.997. The Hall–Kier alpha value is -5.37. The first-order valence-electron chi connectivity index (χ1n) is 30.4. The lowest BCUT2D eigenvalue weighted by atomic mass is 9.39. The summed E-state index contributed by atoms with van der Waals surface area (Å²) in [4.78, 5) is 1.77. The molecule has 0 amide bonds. The number of benzene rings is 10. The average molecular weight is 947 g/mol. The summed E-state index contributed by atoms with van der Waals surface area (Å²) >= 11 is 2.62. The zero-order valence-corrected chi connectivity index (χ0v) is 42.0. The minimum atomic E-state index is -0.0152. The summed E-state index contributed by atoms with van der Waals surface area (Å²) in [6, 6.07) is 5.76. The van der Waals surface area contributed by atoms with Crippen LogP contribution in [0.1, 0.15) is 275 Å². The topological polar surface area (TPSA) is 0 Å². The van der Waals surface area contributed by atoms with Crippen molar-refractivity contribution in [3.63, 3.8) is 0 Å². The van der Waals surface area contributed by atoms with E-state index in [4.69, 9.17) is 0 Å². The zero-order valence-electron chi connectivity index (χ0n) is 41.2. The Bertz CT molecular complexity index is 5650. The third-order valence-corrected chi connectivity index (χ3v) is 33.4. The predicted octanol–water partition coefficient (Wildman–Crippen LogP) is 16.9. The highest BCUT2D eigenvalue weighted by Crippen LogP contribution is 3.01. The van der Waals surface area contributed by atoms with Gasteiger partial charge in [0.15, 0.2) is 0 Å². The van der Waals surface area contributed by atoms with E-state index < -0.39 is 0 Å². The molecule has 1 fully saturated rings. The molecular weight excluding hydrogens is 909 g/mol. The molecule has 0 saturated heterocycles. The first-order valence-corrected chi connectivity index (χ1v) is 31.3. The van der Waals surface area contributed by atoms with Crippen LogP contribution < -0.4 is 0 Å². The van der Waals surface area contributed by atoms with Crippen molar-refractivity contribution in [3.8, 4) is 11.1 Å². The highest BCUT2D eigenvalue weighted by Gasteiger charge is 2.90. The fourth-order valence-corrected chi connectivity index (χ4v) is 35.0. The van der Waals surface area contributed by atoms with Crippen LogP contribution in [0.15, 0.2) is 17.0 Å². The number of rotatable bonds is 1. The van der Waals surface area contributed by atoms with Gasteiger partial charge in [0.05, 0.1) is 4.75 Å². The summed E-state index contributed by atoms with van der Waals surface area (Å²) in [5.41, 5.74) is 50.0. The molecule has 2 spiro atoms. The molecule has 22 atom stereocenters. The third-order valence-electron chi connectivity index (χ3n) is 31.8. The van der Waals surface area contributed by atoms with Crippen LogP contribution >= 0.6 is 11.8 Å². The van der Waals surface area contributed by atoms with Crippen molar-refractivity contribution in [2.75, 3.05) is 0 Å². The number of hydrogen-bond acceptors (Lipinski definition) is 1. The standard InChI is InChI=1S/C73H38S/c1-8(2)9-6-10(71(3,4)5)66-11(7-9)74-73-69-62-56-46-34-26-18-14-12-13-16-20(18)28(34)38-32-24(16)25-17(13)21-19-15(12)23-22(14)30-36(26)44-50-40(30)41-31(23)37-27(19)35-29(21)39-33(25)43-42(32)54(48(38)56)64(69)65-55(43)49(39)57-47(35)53-45(37)51(41)59-58(50)67(60(62)52(44)46)72(66,73)68(59)61(53)63(57)70(65)73/h6-8,14,16,18,20,22,24,30,32,40-43,51,55,59,61,63,65,68,70H,1-5H3. The Labute approximate surface area is 426 Å². The highest BCUT2D eigenvalue weighted by atomic mass is 32.2. The minimum absolute atomic E-state index is 0.0152. The molecule has 1 aliphatic heterocycles. The van der Waals surface area contributed by atoms with E-state index in [2.05, 4.69) is 69.6 Å². The van der Waals surface area contributed by atoms with Crippen molar-refractivity contribution >= 4 is 97.9 Å². The monoisotopic (exact) mass is 946 g/mol. The molecule has 11 aromatic carbocycles. The van der Waals surface area contributed by atoms with E-state index >= 15 is 0 Å². The Morgan fingerprint density at radius 1 is 0.338 bits per heavy atom. The number of hydrogen-bond donors (Lipinski definition) is 0. The first kappa shape index (κ1) is 31.0. The molecule has 0 radical (unpaired) electrons. The number of thioether (sulfide) groups is 1. The lowest BCUT2D eigenvalue weighted by molar-refractivity contribution is 0.0334. The maximum Gasteiger partial charge on any atom is 0.0645 e. The summed E-state index contributed by atoms with van der Waals surface area (Å²) in [7, 11) is 0. The predicted molar refractivity (Wildman–Crippen MR) is 289 cm³/mol. The van der Waals surface area contributed by atoms with Gasteiger partial charge in [-0.3, -0.25) is 0 Å². The zero-order chi connectivity index (χ0) is 45.0. The molecular formula is C73H38S. The van der Waals surface area contributed by atoms with E-state index in [0.717, 1.165) is 0 Å². The van der Waals surface area contributed by atoms with Crippen LogP contribution in [0, 0.1) is 11.8 Å². The molecule has 1 saturated carbocycles. The van der Waals surface area contributed by atoms with Gasteiger partial charge in [-0.2, -0.15) is 0 Å². The van der Waals surface area contributed by atoms with E-state index in [1.165, 1.54) is 0 Å². The van der Waals surface area contributed by atoms with E-state index in [1.807, 2.05) is 203 Å². The van der Waals surface area contributed by atoms with Crippen LogP contribution in [-0.4, -0.2) is 0 Å². The molecule has 0 aromatic heterocycles. The van der Waals surface area contributed by atoms with Gasteiger partial charge in [0.25, 0.3) is 0 Å². The molecule has 74 heavy (non-hydrogen) atoms. The molecule has 22 aliphatic carbocycles.